The van der Waals surface area contributed by atoms with Crippen molar-refractivity contribution in [2.24, 2.45) is 0 Å². The molecule has 1 aromatic carbocycles. The van der Waals surface area contributed by atoms with Crippen LogP contribution < -0.4 is 5.32 Å². The van der Waals surface area contributed by atoms with E-state index >= 15 is 0 Å². The fraction of sp³-hybridized carbons (Fsp3) is 0.500. The van der Waals surface area contributed by atoms with E-state index in [-0.39, 0.29) is 5.91 Å². The second-order valence-electron chi connectivity index (χ2n) is 5.65. The van der Waals surface area contributed by atoms with E-state index in [0.717, 1.165) is 23.2 Å². The summed E-state index contributed by atoms with van der Waals surface area (Å²) in [5, 5.41) is 3.26. The van der Waals surface area contributed by atoms with Gasteiger partial charge in [0.2, 0.25) is 12.3 Å². The zero-order valence-corrected chi connectivity index (χ0v) is 13.0. The number of hydrogen-bond donors (Lipinski definition) is 1. The number of carbonyl (C=O) groups is 2. The van der Waals surface area contributed by atoms with Gasteiger partial charge in [0.1, 0.15) is 0 Å². The van der Waals surface area contributed by atoms with Crippen LogP contribution in [0.25, 0.3) is 0 Å². The summed E-state index contributed by atoms with van der Waals surface area (Å²) in [6, 6.07) is 4.23. The minimum atomic E-state index is 0.0833. The number of nitrogens with one attached hydrogen (secondary N) is 1. The molecule has 0 unspecified atom stereocenters. The lowest BCUT2D eigenvalue weighted by Crippen LogP contribution is -2.49. The van der Waals surface area contributed by atoms with Crippen LogP contribution in [0.5, 0.6) is 0 Å². The molecule has 1 saturated heterocycles. The summed E-state index contributed by atoms with van der Waals surface area (Å²) in [4.78, 5) is 26.4. The van der Waals surface area contributed by atoms with Gasteiger partial charge in [0, 0.05) is 31.9 Å². The number of amides is 2. The highest BCUT2D eigenvalue weighted by molar-refractivity contribution is 5.81. The number of piperazine rings is 1. The molecule has 2 rings (SSSR count). The molecular formula is C16H23N3O2. The van der Waals surface area contributed by atoms with E-state index in [1.54, 1.807) is 4.90 Å². The lowest BCUT2D eigenvalue weighted by molar-refractivity contribution is -0.133. The number of aryl methyl sites for hydroxylation is 3. The first kappa shape index (κ1) is 15.4. The molecule has 0 radical (unpaired) electrons. The Kier molecular flexibility index (Phi) is 4.83. The quantitative estimate of drug-likeness (QED) is 0.851. The minimum absolute atomic E-state index is 0.0833. The van der Waals surface area contributed by atoms with Gasteiger partial charge < -0.3 is 15.1 Å². The van der Waals surface area contributed by atoms with E-state index in [4.69, 9.17) is 0 Å². The van der Waals surface area contributed by atoms with Crippen LogP contribution in [0.15, 0.2) is 12.1 Å². The number of rotatable bonds is 4. The molecule has 1 fully saturated rings. The SMILES string of the molecule is Cc1cc(C)c(NCC(=O)N2CCN(C=O)CC2)c(C)c1. The van der Waals surface area contributed by atoms with Crippen LogP contribution in [0.1, 0.15) is 16.7 Å². The molecule has 1 aliphatic heterocycles. The third kappa shape index (κ3) is 3.74. The molecule has 1 N–H and O–H groups in total. The van der Waals surface area contributed by atoms with Crippen molar-refractivity contribution in [1.29, 1.82) is 0 Å². The summed E-state index contributed by atoms with van der Waals surface area (Å²) in [5.74, 6) is 0.0833. The van der Waals surface area contributed by atoms with Gasteiger partial charge in [-0.3, -0.25) is 9.59 Å². The van der Waals surface area contributed by atoms with Crippen molar-refractivity contribution in [3.63, 3.8) is 0 Å². The van der Waals surface area contributed by atoms with Gasteiger partial charge in [0.05, 0.1) is 6.54 Å². The Bertz CT molecular complexity index is 511. The summed E-state index contributed by atoms with van der Waals surface area (Å²) in [6.45, 7) is 8.95. The Labute approximate surface area is 125 Å². The molecule has 1 aromatic rings. The molecule has 0 saturated carbocycles. The van der Waals surface area contributed by atoms with Crippen molar-refractivity contribution in [2.75, 3.05) is 38.0 Å². The summed E-state index contributed by atoms with van der Waals surface area (Å²) < 4.78 is 0. The zero-order valence-electron chi connectivity index (χ0n) is 13.0. The Morgan fingerprint density at radius 2 is 1.71 bits per heavy atom. The van der Waals surface area contributed by atoms with Gasteiger partial charge in [-0.1, -0.05) is 17.7 Å². The van der Waals surface area contributed by atoms with Crippen molar-refractivity contribution in [3.8, 4) is 0 Å². The fourth-order valence-corrected chi connectivity index (χ4v) is 2.81. The third-order valence-electron chi connectivity index (χ3n) is 3.91. The summed E-state index contributed by atoms with van der Waals surface area (Å²) in [7, 11) is 0. The third-order valence-corrected chi connectivity index (χ3v) is 3.91. The minimum Gasteiger partial charge on any atom is -0.376 e. The van der Waals surface area contributed by atoms with Crippen LogP contribution in [0.2, 0.25) is 0 Å². The van der Waals surface area contributed by atoms with Gasteiger partial charge in [-0.05, 0) is 31.9 Å². The molecule has 0 aliphatic carbocycles. The Balaban J connectivity index is 1.91. The summed E-state index contributed by atoms with van der Waals surface area (Å²) in [5.41, 5.74) is 4.59. The first-order valence-electron chi connectivity index (χ1n) is 7.30. The lowest BCUT2D eigenvalue weighted by atomic mass is 10.1. The highest BCUT2D eigenvalue weighted by atomic mass is 16.2. The van der Waals surface area contributed by atoms with Gasteiger partial charge in [0.15, 0.2) is 0 Å². The number of hydrogen-bond acceptors (Lipinski definition) is 3. The van der Waals surface area contributed by atoms with Crippen molar-refractivity contribution < 1.29 is 9.59 Å². The van der Waals surface area contributed by atoms with Crippen molar-refractivity contribution in [1.82, 2.24) is 9.80 Å². The standard InChI is InChI=1S/C16H23N3O2/c1-12-8-13(2)16(14(3)9-12)17-10-15(21)19-6-4-18(11-20)5-7-19/h8-9,11,17H,4-7,10H2,1-3H3. The van der Waals surface area contributed by atoms with E-state index in [1.165, 1.54) is 5.56 Å². The van der Waals surface area contributed by atoms with E-state index in [9.17, 15) is 9.59 Å². The van der Waals surface area contributed by atoms with Crippen LogP contribution in [0.4, 0.5) is 5.69 Å². The van der Waals surface area contributed by atoms with Crippen LogP contribution in [-0.2, 0) is 9.59 Å². The van der Waals surface area contributed by atoms with E-state index in [1.807, 2.05) is 4.90 Å². The maximum Gasteiger partial charge on any atom is 0.241 e. The topological polar surface area (TPSA) is 52.7 Å². The first-order valence-corrected chi connectivity index (χ1v) is 7.30. The first-order chi connectivity index (χ1) is 10.0. The largest absolute Gasteiger partial charge is 0.376 e. The van der Waals surface area contributed by atoms with Gasteiger partial charge >= 0.3 is 0 Å². The fourth-order valence-electron chi connectivity index (χ4n) is 2.81. The van der Waals surface area contributed by atoms with Gasteiger partial charge in [-0.2, -0.15) is 0 Å². The van der Waals surface area contributed by atoms with Gasteiger partial charge in [0.25, 0.3) is 0 Å². The summed E-state index contributed by atoms with van der Waals surface area (Å²) >= 11 is 0. The molecule has 0 bridgehead atoms. The monoisotopic (exact) mass is 289 g/mol. The number of nitrogens with zero attached hydrogens (tertiary/aromatic N) is 2. The molecule has 21 heavy (non-hydrogen) atoms. The normalized spacial score (nSPS) is 15.0. The number of carbonyl (C=O) groups excluding carboxylic acids is 2. The van der Waals surface area contributed by atoms with Crippen LogP contribution in [0, 0.1) is 20.8 Å². The molecule has 0 aromatic heterocycles. The Morgan fingerprint density at radius 1 is 1.14 bits per heavy atom. The van der Waals surface area contributed by atoms with Crippen LogP contribution in [0.3, 0.4) is 0 Å². The van der Waals surface area contributed by atoms with E-state index < -0.39 is 0 Å². The average molecular weight is 289 g/mol. The van der Waals surface area contributed by atoms with E-state index in [2.05, 4.69) is 38.2 Å². The van der Waals surface area contributed by atoms with Crippen LogP contribution >= 0.6 is 0 Å². The molecule has 1 heterocycles. The number of benzene rings is 1. The van der Waals surface area contributed by atoms with E-state index in [0.29, 0.717) is 32.7 Å². The molecular weight excluding hydrogens is 266 g/mol. The molecule has 0 atom stereocenters. The van der Waals surface area contributed by atoms with Crippen molar-refractivity contribution in [2.45, 2.75) is 20.8 Å². The van der Waals surface area contributed by atoms with Gasteiger partial charge in [-0.25, -0.2) is 0 Å². The lowest BCUT2D eigenvalue weighted by Gasteiger charge is -2.32. The molecule has 114 valence electrons. The van der Waals surface area contributed by atoms with Crippen molar-refractivity contribution in [3.05, 3.63) is 28.8 Å². The Morgan fingerprint density at radius 3 is 2.24 bits per heavy atom. The molecule has 1 aliphatic rings. The van der Waals surface area contributed by atoms with Crippen LogP contribution in [-0.4, -0.2) is 54.8 Å². The maximum atomic E-state index is 12.2. The average Bonchev–Trinajstić information content (AvgIpc) is 2.46. The van der Waals surface area contributed by atoms with Crippen molar-refractivity contribution >= 4 is 18.0 Å². The second-order valence-corrected chi connectivity index (χ2v) is 5.65. The molecule has 0 spiro atoms. The smallest absolute Gasteiger partial charge is 0.241 e. The second kappa shape index (κ2) is 6.61. The molecule has 2 amide bonds. The zero-order chi connectivity index (χ0) is 15.4. The predicted molar refractivity (Wildman–Crippen MR) is 83.4 cm³/mol. The maximum absolute atomic E-state index is 12.2. The Hall–Kier alpha value is -2.04. The highest BCUT2D eigenvalue weighted by Crippen LogP contribution is 2.21. The molecule has 5 nitrogen and oxygen atoms in total. The predicted octanol–water partition coefficient (Wildman–Crippen LogP) is 1.32. The van der Waals surface area contributed by atoms with Gasteiger partial charge in [-0.15, -0.1) is 0 Å². The number of anilines is 1. The highest BCUT2D eigenvalue weighted by Gasteiger charge is 2.20. The summed E-state index contributed by atoms with van der Waals surface area (Å²) in [6.07, 6.45) is 0.846. The molecule has 5 heteroatoms.